The van der Waals surface area contributed by atoms with Crippen LogP contribution in [0.1, 0.15) is 27.0 Å². The number of carboxylic acids is 1. The molecule has 2 aromatic carbocycles. The molecule has 0 bridgehead atoms. The second kappa shape index (κ2) is 5.74. The maximum atomic E-state index is 13.5. The van der Waals surface area contributed by atoms with Crippen molar-refractivity contribution in [3.05, 3.63) is 64.5 Å². The van der Waals surface area contributed by atoms with Crippen molar-refractivity contribution in [3.8, 4) is 0 Å². The molecule has 3 nitrogen and oxygen atoms in total. The van der Waals surface area contributed by atoms with Gasteiger partial charge in [-0.25, -0.2) is 9.18 Å². The minimum Gasteiger partial charge on any atom is -0.478 e. The SMILES string of the molecule is Cc1cc(CNc2ccccc2C(=O)O)cc(C)c1F. The molecule has 0 aromatic heterocycles. The van der Waals surface area contributed by atoms with Crippen LogP contribution in [0.4, 0.5) is 10.1 Å². The van der Waals surface area contributed by atoms with E-state index in [1.807, 2.05) is 0 Å². The average molecular weight is 273 g/mol. The van der Waals surface area contributed by atoms with Crippen LogP contribution in [-0.2, 0) is 6.54 Å². The van der Waals surface area contributed by atoms with Crippen LogP contribution in [0.25, 0.3) is 0 Å². The van der Waals surface area contributed by atoms with Gasteiger partial charge in [0.25, 0.3) is 0 Å². The van der Waals surface area contributed by atoms with Gasteiger partial charge in [0.15, 0.2) is 0 Å². The lowest BCUT2D eigenvalue weighted by atomic mass is 10.1. The summed E-state index contributed by atoms with van der Waals surface area (Å²) in [5.74, 6) is -1.17. The maximum absolute atomic E-state index is 13.5. The van der Waals surface area contributed by atoms with E-state index in [9.17, 15) is 9.18 Å². The van der Waals surface area contributed by atoms with Gasteiger partial charge in [0.1, 0.15) is 5.82 Å². The van der Waals surface area contributed by atoms with Gasteiger partial charge in [0.05, 0.1) is 5.56 Å². The molecule has 0 aliphatic heterocycles. The summed E-state index contributed by atoms with van der Waals surface area (Å²) in [7, 11) is 0. The first-order valence-corrected chi connectivity index (χ1v) is 6.31. The smallest absolute Gasteiger partial charge is 0.337 e. The van der Waals surface area contributed by atoms with Gasteiger partial charge in [-0.05, 0) is 42.7 Å². The van der Waals surface area contributed by atoms with E-state index in [4.69, 9.17) is 5.11 Å². The third-order valence-corrected chi connectivity index (χ3v) is 3.14. The minimum atomic E-state index is -0.973. The van der Waals surface area contributed by atoms with E-state index in [1.54, 1.807) is 50.2 Å². The molecule has 0 aliphatic carbocycles. The largest absolute Gasteiger partial charge is 0.478 e. The number of aryl methyl sites for hydroxylation is 2. The summed E-state index contributed by atoms with van der Waals surface area (Å²) in [5.41, 5.74) is 2.88. The van der Waals surface area contributed by atoms with Crippen molar-refractivity contribution in [1.82, 2.24) is 0 Å². The van der Waals surface area contributed by atoms with Crippen LogP contribution in [0.5, 0.6) is 0 Å². The zero-order valence-electron chi connectivity index (χ0n) is 11.4. The number of hydrogen-bond acceptors (Lipinski definition) is 2. The quantitative estimate of drug-likeness (QED) is 0.891. The predicted octanol–water partition coefficient (Wildman–Crippen LogP) is 3.75. The number of rotatable bonds is 4. The molecule has 0 amide bonds. The number of aromatic carboxylic acids is 1. The van der Waals surface area contributed by atoms with E-state index in [2.05, 4.69) is 5.32 Å². The van der Waals surface area contributed by atoms with Crippen LogP contribution in [0.2, 0.25) is 0 Å². The van der Waals surface area contributed by atoms with Crippen molar-refractivity contribution >= 4 is 11.7 Å². The molecule has 0 spiro atoms. The Morgan fingerprint density at radius 2 is 1.80 bits per heavy atom. The molecule has 0 radical (unpaired) electrons. The highest BCUT2D eigenvalue weighted by atomic mass is 19.1. The summed E-state index contributed by atoms with van der Waals surface area (Å²) in [6.07, 6.45) is 0. The number of halogens is 1. The second-order valence-corrected chi connectivity index (χ2v) is 4.75. The van der Waals surface area contributed by atoms with Crippen LogP contribution in [0.15, 0.2) is 36.4 Å². The van der Waals surface area contributed by atoms with Crippen LogP contribution in [0, 0.1) is 19.7 Å². The molecule has 2 N–H and O–H groups in total. The zero-order valence-corrected chi connectivity index (χ0v) is 11.4. The van der Waals surface area contributed by atoms with E-state index in [1.165, 1.54) is 0 Å². The van der Waals surface area contributed by atoms with Crippen molar-refractivity contribution in [1.29, 1.82) is 0 Å². The van der Waals surface area contributed by atoms with Crippen molar-refractivity contribution < 1.29 is 14.3 Å². The van der Waals surface area contributed by atoms with Gasteiger partial charge in [-0.15, -0.1) is 0 Å². The van der Waals surface area contributed by atoms with Gasteiger partial charge in [0, 0.05) is 12.2 Å². The highest BCUT2D eigenvalue weighted by molar-refractivity contribution is 5.94. The Morgan fingerprint density at radius 3 is 2.40 bits per heavy atom. The minimum absolute atomic E-state index is 0.195. The van der Waals surface area contributed by atoms with Crippen LogP contribution >= 0.6 is 0 Å². The second-order valence-electron chi connectivity index (χ2n) is 4.75. The highest BCUT2D eigenvalue weighted by Gasteiger charge is 2.09. The van der Waals surface area contributed by atoms with Gasteiger partial charge in [0.2, 0.25) is 0 Å². The summed E-state index contributed by atoms with van der Waals surface area (Å²) in [6, 6.07) is 10.2. The zero-order chi connectivity index (χ0) is 14.7. The Hall–Kier alpha value is -2.36. The molecule has 2 rings (SSSR count). The van der Waals surface area contributed by atoms with Crippen LogP contribution in [-0.4, -0.2) is 11.1 Å². The number of benzene rings is 2. The Labute approximate surface area is 117 Å². The molecule has 20 heavy (non-hydrogen) atoms. The van der Waals surface area contributed by atoms with Gasteiger partial charge >= 0.3 is 5.97 Å². The maximum Gasteiger partial charge on any atom is 0.337 e. The molecule has 0 atom stereocenters. The van der Waals surface area contributed by atoms with Crippen molar-refractivity contribution in [2.24, 2.45) is 0 Å². The molecule has 0 saturated carbocycles. The van der Waals surface area contributed by atoms with Crippen molar-refractivity contribution in [3.63, 3.8) is 0 Å². The Bertz CT molecular complexity index is 630. The first kappa shape index (κ1) is 14.1. The summed E-state index contributed by atoms with van der Waals surface area (Å²) in [4.78, 5) is 11.1. The molecule has 4 heteroatoms. The fourth-order valence-electron chi connectivity index (χ4n) is 2.16. The summed E-state index contributed by atoms with van der Waals surface area (Å²) < 4.78 is 13.5. The van der Waals surface area contributed by atoms with E-state index in [0.717, 1.165) is 5.56 Å². The van der Waals surface area contributed by atoms with Gasteiger partial charge in [-0.2, -0.15) is 0 Å². The topological polar surface area (TPSA) is 49.3 Å². The van der Waals surface area contributed by atoms with Gasteiger partial charge in [-0.1, -0.05) is 24.3 Å². The normalized spacial score (nSPS) is 10.3. The van der Waals surface area contributed by atoms with E-state index in [-0.39, 0.29) is 11.4 Å². The summed E-state index contributed by atoms with van der Waals surface area (Å²) in [6.45, 7) is 3.89. The predicted molar refractivity (Wildman–Crippen MR) is 76.6 cm³/mol. The number of carbonyl (C=O) groups is 1. The first-order valence-electron chi connectivity index (χ1n) is 6.31. The Kier molecular flexibility index (Phi) is 4.03. The molecule has 104 valence electrons. The summed E-state index contributed by atoms with van der Waals surface area (Å²) >= 11 is 0. The first-order chi connectivity index (χ1) is 9.49. The van der Waals surface area contributed by atoms with Gasteiger partial charge in [-0.3, -0.25) is 0 Å². The highest BCUT2D eigenvalue weighted by Crippen LogP contribution is 2.18. The number of anilines is 1. The third kappa shape index (κ3) is 2.96. The van der Waals surface area contributed by atoms with Crippen LogP contribution < -0.4 is 5.32 Å². The molecular weight excluding hydrogens is 257 g/mol. The lowest BCUT2D eigenvalue weighted by Gasteiger charge is -2.11. The van der Waals surface area contributed by atoms with E-state index >= 15 is 0 Å². The molecule has 0 unspecified atom stereocenters. The van der Waals surface area contributed by atoms with Crippen molar-refractivity contribution in [2.45, 2.75) is 20.4 Å². The van der Waals surface area contributed by atoms with Gasteiger partial charge < -0.3 is 10.4 Å². The Balaban J connectivity index is 2.19. The average Bonchev–Trinajstić information content (AvgIpc) is 2.42. The van der Waals surface area contributed by atoms with Crippen molar-refractivity contribution in [2.75, 3.05) is 5.32 Å². The lowest BCUT2D eigenvalue weighted by molar-refractivity contribution is 0.0698. The molecular formula is C16H16FNO2. The third-order valence-electron chi connectivity index (χ3n) is 3.14. The molecule has 0 heterocycles. The molecule has 0 saturated heterocycles. The van der Waals surface area contributed by atoms with E-state index < -0.39 is 5.97 Å². The monoisotopic (exact) mass is 273 g/mol. The summed E-state index contributed by atoms with van der Waals surface area (Å²) in [5, 5.41) is 12.2. The fourth-order valence-corrected chi connectivity index (χ4v) is 2.16. The van der Waals surface area contributed by atoms with Crippen LogP contribution in [0.3, 0.4) is 0 Å². The number of hydrogen-bond donors (Lipinski definition) is 2. The van der Waals surface area contributed by atoms with E-state index in [0.29, 0.717) is 23.4 Å². The lowest BCUT2D eigenvalue weighted by Crippen LogP contribution is -2.06. The standard InChI is InChI=1S/C16H16FNO2/c1-10-7-12(8-11(2)15(10)17)9-18-14-6-4-3-5-13(14)16(19)20/h3-8,18H,9H2,1-2H3,(H,19,20). The molecule has 0 aliphatic rings. The molecule has 2 aromatic rings. The number of para-hydroxylation sites is 1. The number of carboxylic acid groups (broad SMARTS) is 1. The fraction of sp³-hybridized carbons (Fsp3) is 0.188. The Morgan fingerprint density at radius 1 is 1.20 bits per heavy atom. The molecule has 0 fully saturated rings. The number of nitrogens with one attached hydrogen (secondary N) is 1.